The first-order valence-electron chi connectivity index (χ1n) is 7.86. The Morgan fingerprint density at radius 3 is 1.44 bits per heavy atom. The number of ether oxygens (including phenoxy) is 2. The zero-order valence-electron chi connectivity index (χ0n) is 15.8. The maximum absolute atomic E-state index is 14.2. The number of carbonyl (C=O) groups is 1. The third-order valence-electron chi connectivity index (χ3n) is 3.45. The van der Waals surface area contributed by atoms with E-state index in [4.69, 9.17) is 0 Å². The van der Waals surface area contributed by atoms with Crippen LogP contribution in [0.4, 0.5) is 80.6 Å². The molecule has 0 spiro atoms. The minimum Gasteiger partial charge on any atom is -0.289 e. The average Bonchev–Trinajstić information content (AvgIpc) is 2.65. The van der Waals surface area contributed by atoms with Crippen LogP contribution in [0.1, 0.15) is 0 Å². The minimum atomic E-state index is -8.08. The van der Waals surface area contributed by atoms with Crippen molar-refractivity contribution in [1.82, 2.24) is 9.97 Å². The fraction of sp³-hybridized carbons (Fsp3) is 0.615. The molecule has 1 aromatic heterocycles. The highest BCUT2D eigenvalue weighted by molar-refractivity contribution is 5.95. The van der Waals surface area contributed by atoms with Crippen LogP contribution < -0.4 is 5.32 Å². The van der Waals surface area contributed by atoms with E-state index in [1.807, 2.05) is 4.74 Å². The summed E-state index contributed by atoms with van der Waals surface area (Å²) in [6, 6.07) is 0.891. The summed E-state index contributed by atoms with van der Waals surface area (Å²) >= 11 is 0. The summed E-state index contributed by atoms with van der Waals surface area (Å²) in [5.41, 5.74) is 0. The van der Waals surface area contributed by atoms with Gasteiger partial charge in [-0.3, -0.25) is 19.6 Å². The van der Waals surface area contributed by atoms with Crippen LogP contribution >= 0.6 is 0 Å². The molecular formula is C13H4F17N3O3. The largest absolute Gasteiger partial charge is 0.462 e. The van der Waals surface area contributed by atoms with Crippen molar-refractivity contribution < 1.29 is 88.9 Å². The molecule has 0 aromatic carbocycles. The van der Waals surface area contributed by atoms with Gasteiger partial charge in [-0.05, 0) is 6.07 Å². The number of anilines is 1. The Morgan fingerprint density at radius 2 is 1.08 bits per heavy atom. The van der Waals surface area contributed by atoms with E-state index < -0.39 is 60.2 Å². The molecule has 1 heterocycles. The standard InChI is InChI=1S/C13H4F17N3O3/c14-6(9(18,19)20,4(34)33-5-31-2-1-3-32-5)35-13(29,30)8(17,11(24,25)26)36-12(27,28)7(15,16)10(21,22)23/h1-3H,(H,31,32,33,34)/t6-,8+/m0/s1. The molecule has 0 unspecified atom stereocenters. The number of rotatable bonds is 8. The molecule has 208 valence electrons. The second-order valence-corrected chi connectivity index (χ2v) is 6.02. The molecule has 0 aliphatic rings. The fourth-order valence-corrected chi connectivity index (χ4v) is 1.71. The Bertz CT molecular complexity index is 932. The molecule has 6 nitrogen and oxygen atoms in total. The number of hydrogen-bond acceptors (Lipinski definition) is 5. The van der Waals surface area contributed by atoms with Crippen molar-refractivity contribution in [1.29, 1.82) is 0 Å². The molecule has 0 radical (unpaired) electrons. The number of amides is 1. The summed E-state index contributed by atoms with van der Waals surface area (Å²) < 4.78 is 224. The normalized spacial score (nSPS) is 17.8. The average molecular weight is 573 g/mol. The third-order valence-corrected chi connectivity index (χ3v) is 3.45. The lowest BCUT2D eigenvalue weighted by molar-refractivity contribution is -0.548. The van der Waals surface area contributed by atoms with Gasteiger partial charge in [0, 0.05) is 12.4 Å². The van der Waals surface area contributed by atoms with Gasteiger partial charge in [0.2, 0.25) is 5.95 Å². The Balaban J connectivity index is 3.61. The van der Waals surface area contributed by atoms with Crippen molar-refractivity contribution >= 4 is 11.9 Å². The SMILES string of the molecule is O=C(Nc1ncccn1)[C@](F)(OC(F)(F)[C@](F)(OC(F)(F)C(F)(F)C(F)(F)F)C(F)(F)F)C(F)(F)F. The van der Waals surface area contributed by atoms with Crippen molar-refractivity contribution in [2.24, 2.45) is 0 Å². The lowest BCUT2D eigenvalue weighted by Crippen LogP contribution is -2.68. The van der Waals surface area contributed by atoms with Crippen molar-refractivity contribution in [3.05, 3.63) is 18.5 Å². The highest BCUT2D eigenvalue weighted by Gasteiger charge is 2.85. The van der Waals surface area contributed by atoms with Crippen molar-refractivity contribution in [2.45, 2.75) is 48.4 Å². The molecule has 2 atom stereocenters. The number of aromatic nitrogens is 2. The maximum Gasteiger partial charge on any atom is 0.462 e. The van der Waals surface area contributed by atoms with Gasteiger partial charge in [-0.25, -0.2) is 9.97 Å². The van der Waals surface area contributed by atoms with Gasteiger partial charge in [0.25, 0.3) is 0 Å². The number of alkyl halides is 17. The molecule has 23 heteroatoms. The summed E-state index contributed by atoms with van der Waals surface area (Å²) in [5.74, 6) is -27.8. The van der Waals surface area contributed by atoms with Crippen LogP contribution in [-0.2, 0) is 14.3 Å². The number of nitrogens with zero attached hydrogens (tertiary/aromatic N) is 2. The topological polar surface area (TPSA) is 73.3 Å². The van der Waals surface area contributed by atoms with Gasteiger partial charge in [-0.2, -0.15) is 74.6 Å². The van der Waals surface area contributed by atoms with Crippen molar-refractivity contribution in [3.63, 3.8) is 0 Å². The van der Waals surface area contributed by atoms with Gasteiger partial charge >= 0.3 is 54.3 Å². The van der Waals surface area contributed by atoms with Gasteiger partial charge in [0.05, 0.1) is 0 Å². The molecule has 0 fully saturated rings. The van der Waals surface area contributed by atoms with Crippen LogP contribution in [0.15, 0.2) is 18.5 Å². The summed E-state index contributed by atoms with van der Waals surface area (Å²) in [6.45, 7) is 0. The van der Waals surface area contributed by atoms with Gasteiger partial charge in [0.15, 0.2) is 0 Å². The first-order chi connectivity index (χ1) is 15.7. The van der Waals surface area contributed by atoms with E-state index in [-0.39, 0.29) is 0 Å². The van der Waals surface area contributed by atoms with Gasteiger partial charge in [-0.15, -0.1) is 0 Å². The summed E-state index contributed by atoms with van der Waals surface area (Å²) in [6.07, 6.45) is -37.5. The predicted octanol–water partition coefficient (Wildman–Crippen LogP) is 5.29. The maximum atomic E-state index is 14.2. The van der Waals surface area contributed by atoms with E-state index in [0.717, 1.165) is 6.07 Å². The Morgan fingerprint density at radius 1 is 0.639 bits per heavy atom. The number of halogens is 17. The first kappa shape index (κ1) is 31.3. The molecule has 0 saturated carbocycles. The molecular weight excluding hydrogens is 569 g/mol. The second kappa shape index (κ2) is 8.99. The van der Waals surface area contributed by atoms with E-state index >= 15 is 0 Å². The highest BCUT2D eigenvalue weighted by atomic mass is 19.4. The van der Waals surface area contributed by atoms with Gasteiger partial charge < -0.3 is 0 Å². The Kier molecular flexibility index (Phi) is 7.82. The van der Waals surface area contributed by atoms with Crippen LogP contribution in [0.2, 0.25) is 0 Å². The zero-order chi connectivity index (χ0) is 28.8. The first-order valence-corrected chi connectivity index (χ1v) is 7.86. The summed E-state index contributed by atoms with van der Waals surface area (Å²) in [7, 11) is 0. The quantitative estimate of drug-likeness (QED) is 0.429. The molecule has 1 rings (SSSR count). The Hall–Kier alpha value is -2.72. The Labute approximate surface area is 184 Å². The number of carbonyl (C=O) groups excluding carboxylic acids is 1. The molecule has 0 aliphatic carbocycles. The smallest absolute Gasteiger partial charge is 0.289 e. The number of hydrogen-bond donors (Lipinski definition) is 1. The van der Waals surface area contributed by atoms with Gasteiger partial charge in [0.1, 0.15) is 0 Å². The third kappa shape index (κ3) is 5.49. The summed E-state index contributed by atoms with van der Waals surface area (Å²) in [4.78, 5) is 17.3. The van der Waals surface area contributed by atoms with E-state index in [2.05, 4.69) is 9.97 Å². The lowest BCUT2D eigenvalue weighted by atomic mass is 10.2. The van der Waals surface area contributed by atoms with E-state index in [1.165, 1.54) is 4.74 Å². The van der Waals surface area contributed by atoms with E-state index in [9.17, 15) is 79.4 Å². The van der Waals surface area contributed by atoms with Crippen LogP contribution in [0.5, 0.6) is 0 Å². The van der Waals surface area contributed by atoms with Crippen LogP contribution in [0, 0.1) is 0 Å². The monoisotopic (exact) mass is 573 g/mol. The minimum absolute atomic E-state index is 0.596. The second-order valence-electron chi connectivity index (χ2n) is 6.02. The summed E-state index contributed by atoms with van der Waals surface area (Å²) in [5, 5.41) is 0.618. The predicted molar refractivity (Wildman–Crippen MR) is 73.5 cm³/mol. The molecule has 36 heavy (non-hydrogen) atoms. The van der Waals surface area contributed by atoms with Crippen LogP contribution in [0.3, 0.4) is 0 Å². The number of nitrogens with one attached hydrogen (secondary N) is 1. The fourth-order valence-electron chi connectivity index (χ4n) is 1.71. The highest BCUT2D eigenvalue weighted by Crippen LogP contribution is 2.56. The van der Waals surface area contributed by atoms with Crippen molar-refractivity contribution in [3.8, 4) is 0 Å². The lowest BCUT2D eigenvalue weighted by Gasteiger charge is -2.40. The van der Waals surface area contributed by atoms with Crippen LogP contribution in [-0.4, -0.2) is 64.3 Å². The molecule has 0 bridgehead atoms. The van der Waals surface area contributed by atoms with Gasteiger partial charge in [-0.1, -0.05) is 0 Å². The van der Waals surface area contributed by atoms with E-state index in [1.54, 1.807) is 0 Å². The molecule has 0 saturated heterocycles. The molecule has 1 N–H and O–H groups in total. The molecule has 1 amide bonds. The zero-order valence-corrected chi connectivity index (χ0v) is 15.8. The molecule has 1 aromatic rings. The molecule has 0 aliphatic heterocycles. The van der Waals surface area contributed by atoms with Crippen LogP contribution in [0.25, 0.3) is 0 Å². The van der Waals surface area contributed by atoms with E-state index in [0.29, 0.717) is 17.7 Å². The van der Waals surface area contributed by atoms with Crippen molar-refractivity contribution in [2.75, 3.05) is 5.32 Å².